The summed E-state index contributed by atoms with van der Waals surface area (Å²) in [6.45, 7) is 5.86. The molecule has 2 aliphatic rings. The van der Waals surface area contributed by atoms with E-state index in [1.807, 2.05) is 11.1 Å². The number of ether oxygens (including phenoxy) is 1. The lowest BCUT2D eigenvalue weighted by Gasteiger charge is -2.30. The van der Waals surface area contributed by atoms with E-state index in [4.69, 9.17) is 4.74 Å². The molecule has 0 spiro atoms. The van der Waals surface area contributed by atoms with Crippen molar-refractivity contribution < 1.29 is 9.53 Å². The van der Waals surface area contributed by atoms with Gasteiger partial charge in [0.15, 0.2) is 0 Å². The maximum Gasteiger partial charge on any atom is 0.250 e. The van der Waals surface area contributed by atoms with E-state index in [-0.39, 0.29) is 11.5 Å². The number of carbonyl (C=O) groups is 1. The van der Waals surface area contributed by atoms with Crippen LogP contribution in [0.3, 0.4) is 0 Å². The first-order valence-electron chi connectivity index (χ1n) is 8.40. The predicted octanol–water partition coefficient (Wildman–Crippen LogP) is 0.382. The summed E-state index contributed by atoms with van der Waals surface area (Å²) in [4.78, 5) is 28.4. The molecule has 126 valence electrons. The molecule has 0 unspecified atom stereocenters. The number of nitrogens with zero attached hydrogens (tertiary/aromatic N) is 3. The van der Waals surface area contributed by atoms with Gasteiger partial charge in [-0.25, -0.2) is 0 Å². The van der Waals surface area contributed by atoms with Crippen LogP contribution in [0.5, 0.6) is 0 Å². The largest absolute Gasteiger partial charge is 0.379 e. The molecule has 1 aromatic rings. The summed E-state index contributed by atoms with van der Waals surface area (Å²) in [5, 5.41) is 0. The van der Waals surface area contributed by atoms with Gasteiger partial charge < -0.3 is 14.2 Å². The summed E-state index contributed by atoms with van der Waals surface area (Å²) in [7, 11) is 1.76. The molecule has 0 atom stereocenters. The van der Waals surface area contributed by atoms with Gasteiger partial charge in [-0.15, -0.1) is 0 Å². The average molecular weight is 319 g/mol. The molecule has 1 aromatic heterocycles. The predicted molar refractivity (Wildman–Crippen MR) is 87.3 cm³/mol. The zero-order valence-corrected chi connectivity index (χ0v) is 13.8. The van der Waals surface area contributed by atoms with Crippen LogP contribution < -0.4 is 5.56 Å². The van der Waals surface area contributed by atoms with Crippen LogP contribution in [-0.4, -0.2) is 59.7 Å². The fourth-order valence-corrected chi connectivity index (χ4v) is 3.29. The Kier molecular flexibility index (Phi) is 5.13. The van der Waals surface area contributed by atoms with Gasteiger partial charge in [-0.3, -0.25) is 14.5 Å². The maximum atomic E-state index is 12.4. The Hall–Kier alpha value is -1.66. The van der Waals surface area contributed by atoms with Crippen LogP contribution in [0.25, 0.3) is 0 Å². The van der Waals surface area contributed by atoms with Crippen molar-refractivity contribution in [3.8, 4) is 0 Å². The third-order valence-electron chi connectivity index (χ3n) is 4.74. The standard InChI is InChI=1S/C17H25N3O3/c1-18-12-15-13-20(6-4-14(15)11-17(18)22)16(21)3-2-5-19-7-9-23-10-8-19/h11-12H,2-10,13H2,1H3. The highest BCUT2D eigenvalue weighted by atomic mass is 16.5. The number of aryl methyl sites for hydroxylation is 1. The third kappa shape index (κ3) is 4.00. The zero-order chi connectivity index (χ0) is 16.2. The number of amides is 1. The van der Waals surface area contributed by atoms with E-state index < -0.39 is 0 Å². The SMILES string of the molecule is Cn1cc2c(cc1=O)CCN(C(=O)CCCN1CCOCC1)C2. The molecule has 0 aliphatic carbocycles. The van der Waals surface area contributed by atoms with Crippen LogP contribution in [0.15, 0.2) is 17.1 Å². The Labute approximate surface area is 136 Å². The number of morpholine rings is 1. The Morgan fingerprint density at radius 3 is 2.78 bits per heavy atom. The van der Waals surface area contributed by atoms with Crippen molar-refractivity contribution in [3.05, 3.63) is 33.7 Å². The summed E-state index contributed by atoms with van der Waals surface area (Å²) >= 11 is 0. The number of hydrogen-bond acceptors (Lipinski definition) is 4. The minimum atomic E-state index is 0.0223. The molecule has 3 heterocycles. The molecule has 0 bridgehead atoms. The first-order valence-corrected chi connectivity index (χ1v) is 8.40. The van der Waals surface area contributed by atoms with Crippen molar-refractivity contribution in [2.75, 3.05) is 39.4 Å². The van der Waals surface area contributed by atoms with Crippen LogP contribution in [0.2, 0.25) is 0 Å². The van der Waals surface area contributed by atoms with Crippen molar-refractivity contribution >= 4 is 5.91 Å². The van der Waals surface area contributed by atoms with Gasteiger partial charge in [0.25, 0.3) is 5.56 Å². The molecule has 2 aliphatic heterocycles. The van der Waals surface area contributed by atoms with Crippen LogP contribution >= 0.6 is 0 Å². The Morgan fingerprint density at radius 1 is 1.22 bits per heavy atom. The van der Waals surface area contributed by atoms with Gasteiger partial charge in [0, 0.05) is 51.9 Å². The highest BCUT2D eigenvalue weighted by Gasteiger charge is 2.21. The highest BCUT2D eigenvalue weighted by molar-refractivity contribution is 5.76. The molecular weight excluding hydrogens is 294 g/mol. The fourth-order valence-electron chi connectivity index (χ4n) is 3.29. The van der Waals surface area contributed by atoms with Crippen molar-refractivity contribution in [3.63, 3.8) is 0 Å². The molecule has 6 heteroatoms. The minimum absolute atomic E-state index is 0.0223. The second-order valence-corrected chi connectivity index (χ2v) is 6.40. The molecule has 6 nitrogen and oxygen atoms in total. The number of rotatable bonds is 4. The number of carbonyl (C=O) groups excluding carboxylic acids is 1. The summed E-state index contributed by atoms with van der Waals surface area (Å²) in [6.07, 6.45) is 4.14. The smallest absolute Gasteiger partial charge is 0.250 e. The maximum absolute atomic E-state index is 12.4. The molecule has 3 rings (SSSR count). The number of hydrogen-bond donors (Lipinski definition) is 0. The molecule has 0 radical (unpaired) electrons. The molecule has 0 saturated carbocycles. The van der Waals surface area contributed by atoms with Crippen LogP contribution in [0.1, 0.15) is 24.0 Å². The lowest BCUT2D eigenvalue weighted by molar-refractivity contribution is -0.132. The van der Waals surface area contributed by atoms with Gasteiger partial charge in [0.05, 0.1) is 13.2 Å². The first-order chi connectivity index (χ1) is 11.1. The van der Waals surface area contributed by atoms with Crippen LogP contribution in [0, 0.1) is 0 Å². The topological polar surface area (TPSA) is 54.8 Å². The number of pyridine rings is 1. The van der Waals surface area contributed by atoms with E-state index in [1.54, 1.807) is 17.7 Å². The molecule has 23 heavy (non-hydrogen) atoms. The summed E-state index contributed by atoms with van der Waals surface area (Å²) in [6, 6.07) is 1.70. The molecular formula is C17H25N3O3. The second-order valence-electron chi connectivity index (χ2n) is 6.40. The van der Waals surface area contributed by atoms with E-state index in [2.05, 4.69) is 4.90 Å². The average Bonchev–Trinajstić information content (AvgIpc) is 2.56. The highest BCUT2D eigenvalue weighted by Crippen LogP contribution is 2.18. The summed E-state index contributed by atoms with van der Waals surface area (Å²) in [5.74, 6) is 0.220. The van der Waals surface area contributed by atoms with E-state index in [0.717, 1.165) is 63.4 Å². The van der Waals surface area contributed by atoms with E-state index in [0.29, 0.717) is 13.0 Å². The number of fused-ring (bicyclic) bond motifs is 1. The van der Waals surface area contributed by atoms with Gasteiger partial charge in [0.2, 0.25) is 5.91 Å². The van der Waals surface area contributed by atoms with Crippen LogP contribution in [-0.2, 0) is 29.5 Å². The zero-order valence-electron chi connectivity index (χ0n) is 13.8. The van der Waals surface area contributed by atoms with Gasteiger partial charge in [-0.1, -0.05) is 0 Å². The molecule has 1 saturated heterocycles. The third-order valence-corrected chi connectivity index (χ3v) is 4.74. The summed E-state index contributed by atoms with van der Waals surface area (Å²) < 4.78 is 6.92. The van der Waals surface area contributed by atoms with Crippen molar-refractivity contribution in [2.24, 2.45) is 7.05 Å². The van der Waals surface area contributed by atoms with Crippen molar-refractivity contribution in [1.29, 1.82) is 0 Å². The Bertz CT molecular complexity index is 620. The summed E-state index contributed by atoms with van der Waals surface area (Å²) in [5.41, 5.74) is 2.21. The van der Waals surface area contributed by atoms with E-state index in [1.165, 1.54) is 0 Å². The lowest BCUT2D eigenvalue weighted by Crippen LogP contribution is -2.39. The van der Waals surface area contributed by atoms with E-state index in [9.17, 15) is 9.59 Å². The van der Waals surface area contributed by atoms with Gasteiger partial charge >= 0.3 is 0 Å². The van der Waals surface area contributed by atoms with Gasteiger partial charge in [0.1, 0.15) is 0 Å². The van der Waals surface area contributed by atoms with Crippen molar-refractivity contribution in [1.82, 2.24) is 14.4 Å². The molecule has 1 fully saturated rings. The number of aromatic nitrogens is 1. The normalized spacial score (nSPS) is 18.7. The molecule has 0 aromatic carbocycles. The minimum Gasteiger partial charge on any atom is -0.379 e. The van der Waals surface area contributed by atoms with Gasteiger partial charge in [-0.05, 0) is 30.5 Å². The molecule has 1 amide bonds. The van der Waals surface area contributed by atoms with Gasteiger partial charge in [-0.2, -0.15) is 0 Å². The fraction of sp³-hybridized carbons (Fsp3) is 0.647. The molecule has 0 N–H and O–H groups in total. The Balaban J connectivity index is 1.50. The van der Waals surface area contributed by atoms with E-state index >= 15 is 0 Å². The monoisotopic (exact) mass is 319 g/mol. The van der Waals surface area contributed by atoms with Crippen LogP contribution in [0.4, 0.5) is 0 Å². The quantitative estimate of drug-likeness (QED) is 0.805. The second kappa shape index (κ2) is 7.27. The van der Waals surface area contributed by atoms with Crippen molar-refractivity contribution in [2.45, 2.75) is 25.8 Å². The first kappa shape index (κ1) is 16.2. The lowest BCUT2D eigenvalue weighted by atomic mass is 10.0. The Morgan fingerprint density at radius 2 is 2.00 bits per heavy atom.